The molecule has 0 spiro atoms. The van der Waals surface area contributed by atoms with E-state index in [1.54, 1.807) is 6.20 Å². The van der Waals surface area contributed by atoms with Gasteiger partial charge in [0, 0.05) is 29.0 Å². The zero-order chi connectivity index (χ0) is 16.4. The Balaban J connectivity index is 1.74. The molecule has 4 rings (SSSR count). The second kappa shape index (κ2) is 6.08. The van der Waals surface area contributed by atoms with Gasteiger partial charge in [0.1, 0.15) is 0 Å². The molecule has 24 heavy (non-hydrogen) atoms. The number of aryl methyl sites for hydroxylation is 1. The maximum Gasteiger partial charge on any atom is 0.227 e. The summed E-state index contributed by atoms with van der Waals surface area (Å²) in [5.41, 5.74) is 5.05. The number of nitrogens with zero attached hydrogens (tertiary/aromatic N) is 3. The first kappa shape index (κ1) is 14.3. The monoisotopic (exact) mass is 312 g/mol. The second-order valence-corrected chi connectivity index (χ2v) is 5.64. The summed E-state index contributed by atoms with van der Waals surface area (Å²) >= 11 is 0. The number of hydrogen-bond donors (Lipinski definition) is 1. The summed E-state index contributed by atoms with van der Waals surface area (Å²) < 4.78 is 0. The molecule has 1 N–H and O–H groups in total. The number of nitrogens with one attached hydrogen (secondary N) is 1. The van der Waals surface area contributed by atoms with Crippen molar-refractivity contribution in [2.24, 2.45) is 0 Å². The van der Waals surface area contributed by atoms with Gasteiger partial charge in [0.25, 0.3) is 0 Å². The van der Waals surface area contributed by atoms with E-state index in [1.165, 1.54) is 5.56 Å². The third-order valence-corrected chi connectivity index (χ3v) is 3.85. The van der Waals surface area contributed by atoms with Crippen molar-refractivity contribution < 1.29 is 0 Å². The average molecular weight is 312 g/mol. The van der Waals surface area contributed by atoms with E-state index in [9.17, 15) is 0 Å². The SMILES string of the molecule is Cc1cccc(Nc2nccc(-c3ccnc4ccccc34)n2)c1. The fraction of sp³-hybridized carbons (Fsp3) is 0.0500. The van der Waals surface area contributed by atoms with Crippen LogP contribution in [0.2, 0.25) is 0 Å². The lowest BCUT2D eigenvalue weighted by molar-refractivity contribution is 1.17. The third-order valence-electron chi connectivity index (χ3n) is 3.85. The van der Waals surface area contributed by atoms with Gasteiger partial charge < -0.3 is 5.32 Å². The molecule has 4 aromatic rings. The first-order chi connectivity index (χ1) is 11.8. The molecule has 2 aromatic carbocycles. The molecule has 4 nitrogen and oxygen atoms in total. The first-order valence-corrected chi connectivity index (χ1v) is 7.80. The Morgan fingerprint density at radius 1 is 0.833 bits per heavy atom. The molecular weight excluding hydrogens is 296 g/mol. The van der Waals surface area contributed by atoms with Crippen LogP contribution in [0.1, 0.15) is 5.56 Å². The fourth-order valence-corrected chi connectivity index (χ4v) is 2.74. The molecule has 0 bridgehead atoms. The van der Waals surface area contributed by atoms with Crippen LogP contribution in [0.15, 0.2) is 73.1 Å². The van der Waals surface area contributed by atoms with Gasteiger partial charge in [-0.3, -0.25) is 4.98 Å². The topological polar surface area (TPSA) is 50.7 Å². The largest absolute Gasteiger partial charge is 0.324 e. The number of rotatable bonds is 3. The maximum atomic E-state index is 4.67. The van der Waals surface area contributed by atoms with Gasteiger partial charge in [0.2, 0.25) is 5.95 Å². The Hall–Kier alpha value is -3.27. The predicted octanol–water partition coefficient (Wildman–Crippen LogP) is 4.74. The molecule has 2 heterocycles. The van der Waals surface area contributed by atoms with Crippen molar-refractivity contribution >= 4 is 22.5 Å². The van der Waals surface area contributed by atoms with Gasteiger partial charge in [-0.25, -0.2) is 9.97 Å². The number of anilines is 2. The smallest absolute Gasteiger partial charge is 0.227 e. The Kier molecular flexibility index (Phi) is 3.63. The predicted molar refractivity (Wildman–Crippen MR) is 97.2 cm³/mol. The number of para-hydroxylation sites is 1. The van der Waals surface area contributed by atoms with Crippen molar-refractivity contribution in [3.63, 3.8) is 0 Å². The number of aromatic nitrogens is 3. The van der Waals surface area contributed by atoms with Crippen LogP contribution in [0.3, 0.4) is 0 Å². The van der Waals surface area contributed by atoms with Crippen LogP contribution >= 0.6 is 0 Å². The summed E-state index contributed by atoms with van der Waals surface area (Å²) in [6.45, 7) is 2.06. The first-order valence-electron chi connectivity index (χ1n) is 7.80. The van der Waals surface area contributed by atoms with E-state index in [2.05, 4.69) is 45.4 Å². The molecule has 116 valence electrons. The van der Waals surface area contributed by atoms with Crippen LogP contribution in [-0.2, 0) is 0 Å². The minimum absolute atomic E-state index is 0.582. The van der Waals surface area contributed by atoms with Crippen molar-refractivity contribution in [3.8, 4) is 11.3 Å². The van der Waals surface area contributed by atoms with Crippen LogP contribution in [0, 0.1) is 6.92 Å². The quantitative estimate of drug-likeness (QED) is 0.593. The van der Waals surface area contributed by atoms with E-state index >= 15 is 0 Å². The third kappa shape index (κ3) is 2.82. The van der Waals surface area contributed by atoms with E-state index in [-0.39, 0.29) is 0 Å². The fourth-order valence-electron chi connectivity index (χ4n) is 2.74. The Bertz CT molecular complexity index is 1010. The van der Waals surface area contributed by atoms with E-state index in [4.69, 9.17) is 0 Å². The number of fused-ring (bicyclic) bond motifs is 1. The molecule has 4 heteroatoms. The normalized spacial score (nSPS) is 10.7. The van der Waals surface area contributed by atoms with Crippen LogP contribution in [0.4, 0.5) is 11.6 Å². The van der Waals surface area contributed by atoms with E-state index in [0.29, 0.717) is 5.95 Å². The van der Waals surface area contributed by atoms with Crippen LogP contribution in [0.25, 0.3) is 22.2 Å². The molecule has 2 aromatic heterocycles. The maximum absolute atomic E-state index is 4.67. The highest BCUT2D eigenvalue weighted by Crippen LogP contribution is 2.26. The van der Waals surface area contributed by atoms with Crippen LogP contribution in [0.5, 0.6) is 0 Å². The lowest BCUT2D eigenvalue weighted by atomic mass is 10.1. The Morgan fingerprint density at radius 2 is 1.71 bits per heavy atom. The molecule has 0 fully saturated rings. The summed E-state index contributed by atoms with van der Waals surface area (Å²) in [6, 6.07) is 20.1. The molecular formula is C20H16N4. The summed E-state index contributed by atoms with van der Waals surface area (Å²) in [5, 5.41) is 4.35. The molecule has 0 radical (unpaired) electrons. The van der Waals surface area contributed by atoms with Gasteiger partial charge >= 0.3 is 0 Å². The van der Waals surface area contributed by atoms with E-state index in [1.807, 2.05) is 48.7 Å². The molecule has 0 aliphatic heterocycles. The zero-order valence-corrected chi connectivity index (χ0v) is 13.3. The molecule has 0 saturated carbocycles. The van der Waals surface area contributed by atoms with Crippen LogP contribution < -0.4 is 5.32 Å². The highest BCUT2D eigenvalue weighted by atomic mass is 15.1. The van der Waals surface area contributed by atoms with Gasteiger partial charge in [-0.1, -0.05) is 30.3 Å². The van der Waals surface area contributed by atoms with Crippen molar-refractivity contribution in [3.05, 3.63) is 78.6 Å². The molecule has 0 unspecified atom stereocenters. The molecule has 0 atom stereocenters. The molecule has 0 saturated heterocycles. The number of benzene rings is 2. The average Bonchev–Trinajstić information content (AvgIpc) is 2.61. The summed E-state index contributed by atoms with van der Waals surface area (Å²) in [6.07, 6.45) is 3.59. The second-order valence-electron chi connectivity index (χ2n) is 5.64. The minimum atomic E-state index is 0.582. The minimum Gasteiger partial charge on any atom is -0.324 e. The van der Waals surface area contributed by atoms with Crippen molar-refractivity contribution in [1.29, 1.82) is 0 Å². The van der Waals surface area contributed by atoms with Gasteiger partial charge in [-0.05, 0) is 42.8 Å². The zero-order valence-electron chi connectivity index (χ0n) is 13.3. The number of pyridine rings is 1. The Labute approximate surface area is 140 Å². The van der Waals surface area contributed by atoms with Gasteiger partial charge in [-0.15, -0.1) is 0 Å². The Morgan fingerprint density at radius 3 is 2.62 bits per heavy atom. The van der Waals surface area contributed by atoms with Gasteiger partial charge in [-0.2, -0.15) is 0 Å². The lowest BCUT2D eigenvalue weighted by Crippen LogP contribution is -1.98. The van der Waals surface area contributed by atoms with Gasteiger partial charge in [0.05, 0.1) is 11.2 Å². The van der Waals surface area contributed by atoms with Crippen molar-refractivity contribution in [1.82, 2.24) is 15.0 Å². The van der Waals surface area contributed by atoms with E-state index in [0.717, 1.165) is 27.8 Å². The molecule has 0 aliphatic rings. The van der Waals surface area contributed by atoms with Crippen molar-refractivity contribution in [2.45, 2.75) is 6.92 Å². The van der Waals surface area contributed by atoms with Gasteiger partial charge in [0.15, 0.2) is 0 Å². The van der Waals surface area contributed by atoms with Crippen molar-refractivity contribution in [2.75, 3.05) is 5.32 Å². The van der Waals surface area contributed by atoms with E-state index < -0.39 is 0 Å². The summed E-state index contributed by atoms with van der Waals surface area (Å²) in [7, 11) is 0. The summed E-state index contributed by atoms with van der Waals surface area (Å²) in [5.74, 6) is 0.582. The highest BCUT2D eigenvalue weighted by molar-refractivity contribution is 5.93. The summed E-state index contributed by atoms with van der Waals surface area (Å²) in [4.78, 5) is 13.4. The lowest BCUT2D eigenvalue weighted by Gasteiger charge is -2.09. The van der Waals surface area contributed by atoms with Crippen LogP contribution in [-0.4, -0.2) is 15.0 Å². The standard InChI is InChI=1S/C20H16N4/c1-14-5-4-6-15(13-14)23-20-22-12-10-19(24-20)17-9-11-21-18-8-3-2-7-16(17)18/h2-13H,1H3,(H,22,23,24). The molecule has 0 amide bonds. The highest BCUT2D eigenvalue weighted by Gasteiger charge is 2.07. The molecule has 0 aliphatic carbocycles. The number of hydrogen-bond acceptors (Lipinski definition) is 4.